The molecule has 368 valence electrons. The van der Waals surface area contributed by atoms with Gasteiger partial charge in [-0.3, -0.25) is 0 Å². The fraction of sp³-hybridized carbons (Fsp3) is 0.408. The van der Waals surface area contributed by atoms with E-state index < -0.39 is 17.9 Å². The van der Waals surface area contributed by atoms with Gasteiger partial charge < -0.3 is 66.3 Å². The average Bonchev–Trinajstić information content (AvgIpc) is 3.30. The first-order valence-corrected chi connectivity index (χ1v) is 20.0. The van der Waals surface area contributed by atoms with Crippen molar-refractivity contribution < 1.29 is 80.7 Å². The summed E-state index contributed by atoms with van der Waals surface area (Å²) in [4.78, 5) is 36.9. The van der Waals surface area contributed by atoms with E-state index in [1.807, 2.05) is 0 Å². The molecule has 0 N–H and O–H groups in total. The van der Waals surface area contributed by atoms with E-state index in [2.05, 4.69) is 58.2 Å². The molecular formula is C49H70O17. The minimum atomic E-state index is -0.753. The maximum absolute atomic E-state index is 12.3. The summed E-state index contributed by atoms with van der Waals surface area (Å²) in [5.41, 5.74) is 3.93. The van der Waals surface area contributed by atoms with Gasteiger partial charge in [0.05, 0.1) is 113 Å². The predicted molar refractivity (Wildman–Crippen MR) is 249 cm³/mol. The molecule has 0 unspecified atom stereocenters. The molecule has 0 saturated heterocycles. The van der Waals surface area contributed by atoms with Crippen LogP contribution < -0.4 is 0 Å². The lowest BCUT2D eigenvalue weighted by Gasteiger charge is -2.18. The number of hydrogen-bond donors (Lipinski definition) is 0. The predicted octanol–water partition coefficient (Wildman–Crippen LogP) is 8.30. The zero-order chi connectivity index (χ0) is 46.9. The summed E-state index contributed by atoms with van der Waals surface area (Å²) in [6.07, 6.45) is 9.23. The average molecular weight is 931 g/mol. The molecule has 0 aliphatic carbocycles. The van der Waals surface area contributed by atoms with Gasteiger partial charge in [0.1, 0.15) is 66.1 Å². The van der Waals surface area contributed by atoms with E-state index >= 15 is 0 Å². The molecular weight excluding hydrogens is 861 g/mol. The van der Waals surface area contributed by atoms with Crippen molar-refractivity contribution in [2.24, 2.45) is 0 Å². The van der Waals surface area contributed by atoms with Crippen LogP contribution in [0.4, 0.5) is 0 Å². The van der Waals surface area contributed by atoms with Crippen molar-refractivity contribution in [3.05, 3.63) is 159 Å². The second-order valence-corrected chi connectivity index (χ2v) is 12.1. The van der Waals surface area contributed by atoms with E-state index in [-0.39, 0.29) is 71.2 Å². The zero-order valence-corrected chi connectivity index (χ0v) is 36.5. The molecule has 17 heteroatoms. The van der Waals surface area contributed by atoms with Crippen LogP contribution in [0.3, 0.4) is 0 Å². The maximum atomic E-state index is 12.3. The molecule has 0 saturated carbocycles. The van der Waals surface area contributed by atoms with E-state index in [1.54, 1.807) is 0 Å². The molecule has 0 fully saturated rings. The molecule has 0 atom stereocenters. The molecule has 0 bridgehead atoms. The van der Waals surface area contributed by atoms with Crippen LogP contribution in [0.2, 0.25) is 0 Å². The van der Waals surface area contributed by atoms with E-state index in [0.717, 1.165) is 22.3 Å². The van der Waals surface area contributed by atoms with Gasteiger partial charge in [-0.05, 0) is 40.5 Å². The fourth-order valence-corrected chi connectivity index (χ4v) is 4.85. The van der Waals surface area contributed by atoms with Crippen molar-refractivity contribution >= 4 is 17.9 Å². The summed E-state index contributed by atoms with van der Waals surface area (Å²) < 4.78 is 73.4. The van der Waals surface area contributed by atoms with Gasteiger partial charge in [-0.15, -0.1) is 0 Å². The fourth-order valence-electron chi connectivity index (χ4n) is 4.85. The van der Waals surface area contributed by atoms with Crippen LogP contribution in [0.5, 0.6) is 0 Å². The lowest BCUT2D eigenvalue weighted by atomic mass is 9.99. The smallest absolute Gasteiger partial charge is 0.338 e. The van der Waals surface area contributed by atoms with Crippen LogP contribution in [0.15, 0.2) is 120 Å². The maximum Gasteiger partial charge on any atom is 0.338 e. The third-order valence-electron chi connectivity index (χ3n) is 7.70. The summed E-state index contributed by atoms with van der Waals surface area (Å²) in [6, 6.07) is 7.90. The highest BCUT2D eigenvalue weighted by Gasteiger charge is 2.19. The third kappa shape index (κ3) is 29.0. The molecule has 66 heavy (non-hydrogen) atoms. The van der Waals surface area contributed by atoms with Crippen LogP contribution in [0.25, 0.3) is 0 Å². The highest BCUT2D eigenvalue weighted by atomic mass is 16.6. The number of carbonyl (C=O) groups is 3. The monoisotopic (exact) mass is 930 g/mol. The van der Waals surface area contributed by atoms with Gasteiger partial charge in [-0.25, -0.2) is 14.4 Å². The highest BCUT2D eigenvalue weighted by Crippen LogP contribution is 2.22. The van der Waals surface area contributed by atoms with Gasteiger partial charge in [0, 0.05) is 0 Å². The molecule has 2 aromatic rings. The molecule has 0 heterocycles. The van der Waals surface area contributed by atoms with Crippen LogP contribution >= 0.6 is 0 Å². The summed E-state index contributed by atoms with van der Waals surface area (Å²) >= 11 is 0. The van der Waals surface area contributed by atoms with Crippen molar-refractivity contribution in [2.75, 3.05) is 92.5 Å². The Bertz CT molecular complexity index is 1480. The number of ether oxygens (including phenoxy) is 14. The topological polar surface area (TPSA) is 180 Å². The number of carbonyl (C=O) groups excluding carboxylic acids is 3. The third-order valence-corrected chi connectivity index (χ3v) is 7.70. The summed E-state index contributed by atoms with van der Waals surface area (Å²) in [7, 11) is 0. The van der Waals surface area contributed by atoms with Crippen LogP contribution in [-0.2, 0) is 92.7 Å². The Kier molecular flexibility index (Phi) is 39.6. The second kappa shape index (κ2) is 42.4. The Morgan fingerprint density at radius 2 is 0.515 bits per heavy atom. The Morgan fingerprint density at radius 1 is 0.318 bits per heavy atom. The van der Waals surface area contributed by atoms with Crippen molar-refractivity contribution in [3.63, 3.8) is 0 Å². The number of hydrogen-bond acceptors (Lipinski definition) is 17. The van der Waals surface area contributed by atoms with E-state index in [4.69, 9.17) is 66.3 Å². The minimum Gasteiger partial charge on any atom is -0.499 e. The first kappa shape index (κ1) is 61.6. The zero-order valence-electron chi connectivity index (χ0n) is 36.5. The summed E-state index contributed by atoms with van der Waals surface area (Å²) in [6.45, 7) is 29.6. The molecule has 2 rings (SSSR count). The SMILES string of the molecule is C.C.C=COCCOC(=O)c1cc(C(=O)OCCOC=C)cc(C(=O)OCCOC=C)c1.C=COCCOCc1cc(COCCOC=C)c(COCCOC=C)cc1COCCOC=C. The van der Waals surface area contributed by atoms with E-state index in [1.165, 1.54) is 62.0 Å². The van der Waals surface area contributed by atoms with Crippen LogP contribution in [0.1, 0.15) is 68.2 Å². The molecule has 0 aromatic heterocycles. The van der Waals surface area contributed by atoms with Gasteiger partial charge in [-0.2, -0.15) is 0 Å². The van der Waals surface area contributed by atoms with Crippen molar-refractivity contribution in [2.45, 2.75) is 41.3 Å². The summed E-state index contributed by atoms with van der Waals surface area (Å²) in [5.74, 6) is -2.26. The Balaban J connectivity index is 0. The quantitative estimate of drug-likeness (QED) is 0.0270. The molecule has 17 nitrogen and oxygen atoms in total. The van der Waals surface area contributed by atoms with Crippen LogP contribution in [0, 0.1) is 0 Å². The van der Waals surface area contributed by atoms with E-state index in [9.17, 15) is 14.4 Å². The van der Waals surface area contributed by atoms with Gasteiger partial charge in [0.25, 0.3) is 0 Å². The molecule has 0 amide bonds. The van der Waals surface area contributed by atoms with Gasteiger partial charge in [-0.1, -0.05) is 73.0 Å². The molecule has 2 aromatic carbocycles. The molecule has 0 aliphatic heterocycles. The van der Waals surface area contributed by atoms with Crippen LogP contribution in [-0.4, -0.2) is 110 Å². The minimum absolute atomic E-state index is 0. The Hall–Kier alpha value is -6.53. The lowest BCUT2D eigenvalue weighted by Crippen LogP contribution is -2.16. The first-order valence-electron chi connectivity index (χ1n) is 20.0. The van der Waals surface area contributed by atoms with Crippen molar-refractivity contribution in [1.29, 1.82) is 0 Å². The molecule has 0 aliphatic rings. The lowest BCUT2D eigenvalue weighted by molar-refractivity contribution is 0.0414. The summed E-state index contributed by atoms with van der Waals surface area (Å²) in [5, 5.41) is 0. The highest BCUT2D eigenvalue weighted by molar-refractivity contribution is 6.00. The van der Waals surface area contributed by atoms with Crippen molar-refractivity contribution in [1.82, 2.24) is 0 Å². The second-order valence-electron chi connectivity index (χ2n) is 12.1. The Morgan fingerprint density at radius 3 is 0.712 bits per heavy atom. The standard InChI is InChI=1S/C26H38O8.C21H24O9.2CH4/c1-5-27-9-13-31-19-23-17-25(21-33-15-11-29-7-3)26(22-34-16-12-30-8-4)18-24(23)20-32-14-10-28-6-2;1-4-25-7-10-28-19(22)16-13-17(20(23)29-11-8-26-5-2)15-18(14-16)21(24)30-12-9-27-6-3;;/h5-8,17-18H,1-4,9-16,19-22H2;4-6,13-15H,1-3,7-12H2;2*1H4. The van der Waals surface area contributed by atoms with Gasteiger partial charge in [0.2, 0.25) is 0 Å². The van der Waals surface area contributed by atoms with Crippen molar-refractivity contribution in [3.8, 4) is 0 Å². The van der Waals surface area contributed by atoms with E-state index in [0.29, 0.717) is 79.3 Å². The Labute approximate surface area is 390 Å². The van der Waals surface area contributed by atoms with Gasteiger partial charge >= 0.3 is 17.9 Å². The normalized spacial score (nSPS) is 9.70. The first-order chi connectivity index (χ1) is 31.3. The number of benzene rings is 2. The largest absolute Gasteiger partial charge is 0.499 e. The molecule has 0 radical (unpaired) electrons. The number of rotatable bonds is 39. The number of esters is 3. The van der Waals surface area contributed by atoms with Gasteiger partial charge in [0.15, 0.2) is 0 Å². The molecule has 0 spiro atoms.